The van der Waals surface area contributed by atoms with Crippen LogP contribution in [0.25, 0.3) is 27.2 Å². The molecular weight excluding hydrogens is 473 g/mol. The van der Waals surface area contributed by atoms with Gasteiger partial charge in [0.15, 0.2) is 5.13 Å². The number of carbonyl (C=O) groups is 1. The lowest BCUT2D eigenvalue weighted by atomic mass is 10.2. The van der Waals surface area contributed by atoms with Gasteiger partial charge >= 0.3 is 0 Å². The average molecular weight is 494 g/mol. The number of benzene rings is 1. The number of nitrogens with zero attached hydrogens (tertiary/aromatic N) is 4. The van der Waals surface area contributed by atoms with E-state index in [0.29, 0.717) is 25.8 Å². The van der Waals surface area contributed by atoms with Gasteiger partial charge in [0, 0.05) is 35.1 Å². The van der Waals surface area contributed by atoms with Gasteiger partial charge in [-0.15, -0.1) is 22.7 Å². The number of thiophene rings is 1. The van der Waals surface area contributed by atoms with Gasteiger partial charge in [-0.1, -0.05) is 0 Å². The van der Waals surface area contributed by atoms with Gasteiger partial charge in [-0.3, -0.25) is 14.9 Å². The molecule has 0 saturated heterocycles. The molecular formula is C24H20FN5O2S2. The van der Waals surface area contributed by atoms with E-state index in [-0.39, 0.29) is 17.3 Å². The van der Waals surface area contributed by atoms with E-state index >= 15 is 0 Å². The molecule has 5 aromatic rings. The lowest BCUT2D eigenvalue weighted by molar-refractivity contribution is 0.103. The van der Waals surface area contributed by atoms with E-state index in [1.807, 2.05) is 29.9 Å². The summed E-state index contributed by atoms with van der Waals surface area (Å²) in [6.45, 7) is 5.73. The molecule has 1 N–H and O–H groups in total. The number of aromatic nitrogens is 4. The number of thiazole rings is 1. The number of fused-ring (bicyclic) bond motifs is 1. The number of amides is 1. The minimum atomic E-state index is -0.319. The molecule has 0 radical (unpaired) electrons. The number of aryl methyl sites for hydroxylation is 3. The van der Waals surface area contributed by atoms with Gasteiger partial charge in [0.2, 0.25) is 0 Å². The predicted octanol–water partition coefficient (Wildman–Crippen LogP) is 5.23. The summed E-state index contributed by atoms with van der Waals surface area (Å²) in [6.07, 6.45) is 1.46. The monoisotopic (exact) mass is 493 g/mol. The number of carbonyl (C=O) groups excluding carboxylic acids is 1. The van der Waals surface area contributed by atoms with Crippen molar-refractivity contribution in [1.29, 1.82) is 0 Å². The highest BCUT2D eigenvalue weighted by Gasteiger charge is 2.21. The quantitative estimate of drug-likeness (QED) is 0.372. The fourth-order valence-corrected chi connectivity index (χ4v) is 5.78. The van der Waals surface area contributed by atoms with Crippen molar-refractivity contribution < 1.29 is 9.18 Å². The maximum atomic E-state index is 13.4. The molecule has 0 atom stereocenters. The Morgan fingerprint density at radius 1 is 1.15 bits per heavy atom. The van der Waals surface area contributed by atoms with Crippen LogP contribution in [-0.2, 0) is 7.05 Å². The van der Waals surface area contributed by atoms with Gasteiger partial charge in [-0.25, -0.2) is 14.4 Å². The summed E-state index contributed by atoms with van der Waals surface area (Å²) in [6, 6.07) is 8.37. The molecule has 4 heterocycles. The van der Waals surface area contributed by atoms with E-state index in [2.05, 4.69) is 15.3 Å². The van der Waals surface area contributed by atoms with E-state index in [9.17, 15) is 14.0 Å². The van der Waals surface area contributed by atoms with Crippen LogP contribution in [0.4, 0.5) is 9.52 Å². The molecule has 0 aliphatic carbocycles. The Morgan fingerprint density at radius 2 is 1.88 bits per heavy atom. The Labute approximate surface area is 202 Å². The highest BCUT2D eigenvalue weighted by Crippen LogP contribution is 2.33. The third-order valence-electron chi connectivity index (χ3n) is 5.73. The highest BCUT2D eigenvalue weighted by atomic mass is 32.1. The van der Waals surface area contributed by atoms with Crippen LogP contribution in [0.1, 0.15) is 26.6 Å². The molecule has 7 nitrogen and oxygen atoms in total. The molecule has 0 fully saturated rings. The molecule has 0 bridgehead atoms. The van der Waals surface area contributed by atoms with E-state index in [4.69, 9.17) is 0 Å². The van der Waals surface area contributed by atoms with E-state index in [0.717, 1.165) is 28.3 Å². The Hall–Kier alpha value is -3.63. The van der Waals surface area contributed by atoms with E-state index in [1.54, 1.807) is 26.1 Å². The molecule has 1 aromatic carbocycles. The number of halogens is 1. The Balaban J connectivity index is 1.44. The second kappa shape index (κ2) is 8.30. The summed E-state index contributed by atoms with van der Waals surface area (Å²) >= 11 is 2.52. The largest absolute Gasteiger partial charge is 0.318 e. The topological polar surface area (TPSA) is 81.8 Å². The molecule has 5 rings (SSSR count). The van der Waals surface area contributed by atoms with Crippen molar-refractivity contribution in [3.05, 3.63) is 80.0 Å². The first-order chi connectivity index (χ1) is 16.2. The van der Waals surface area contributed by atoms with Crippen LogP contribution >= 0.6 is 22.7 Å². The van der Waals surface area contributed by atoms with Gasteiger partial charge in [-0.05, 0) is 56.7 Å². The summed E-state index contributed by atoms with van der Waals surface area (Å²) < 4.78 is 16.8. The maximum Gasteiger partial charge on any atom is 0.267 e. The van der Waals surface area contributed by atoms with Crippen LogP contribution in [0.5, 0.6) is 0 Å². The van der Waals surface area contributed by atoms with Crippen molar-refractivity contribution >= 4 is 43.9 Å². The van der Waals surface area contributed by atoms with Crippen LogP contribution in [0, 0.1) is 26.6 Å². The van der Waals surface area contributed by atoms with Gasteiger partial charge in [-0.2, -0.15) is 0 Å². The van der Waals surface area contributed by atoms with Crippen LogP contribution in [0.15, 0.2) is 46.8 Å². The Kier molecular flexibility index (Phi) is 5.41. The summed E-state index contributed by atoms with van der Waals surface area (Å²) in [5.41, 5.74) is 4.94. The zero-order chi connectivity index (χ0) is 24.1. The number of anilines is 1. The molecule has 1 amide bonds. The van der Waals surface area contributed by atoms with Crippen molar-refractivity contribution in [1.82, 2.24) is 19.1 Å². The fourth-order valence-electron chi connectivity index (χ4n) is 4.04. The first kappa shape index (κ1) is 22.2. The minimum Gasteiger partial charge on any atom is -0.318 e. The van der Waals surface area contributed by atoms with Crippen molar-refractivity contribution in [2.75, 3.05) is 5.32 Å². The van der Waals surface area contributed by atoms with Gasteiger partial charge in [0.1, 0.15) is 10.6 Å². The lowest BCUT2D eigenvalue weighted by Gasteiger charge is -2.09. The molecule has 4 aromatic heterocycles. The van der Waals surface area contributed by atoms with Crippen molar-refractivity contribution in [2.24, 2.45) is 7.05 Å². The molecule has 0 spiro atoms. The number of nitrogens with one attached hydrogen (secondary N) is 1. The molecule has 0 unspecified atom stereocenters. The van der Waals surface area contributed by atoms with Crippen LogP contribution in [0.3, 0.4) is 0 Å². The Bertz CT molecular complexity index is 1630. The molecule has 0 aliphatic heterocycles. The average Bonchev–Trinajstić information content (AvgIpc) is 3.48. The van der Waals surface area contributed by atoms with Crippen LogP contribution in [0.2, 0.25) is 0 Å². The van der Waals surface area contributed by atoms with Gasteiger partial charge < -0.3 is 9.13 Å². The standard InChI is InChI=1S/C24H20FN5O2S2/c1-12-9-17(14(3)30(12)16-7-5-15(25)6-8-16)18-10-33-24(27-18)28-21(31)20-13(2)19-22(34-20)26-11-29(4)23(19)32/h5-11H,1-4H3,(H,27,28,31). The zero-order valence-corrected chi connectivity index (χ0v) is 20.5. The minimum absolute atomic E-state index is 0.175. The summed E-state index contributed by atoms with van der Waals surface area (Å²) in [5, 5.41) is 5.68. The van der Waals surface area contributed by atoms with E-state index in [1.165, 1.54) is 45.7 Å². The third kappa shape index (κ3) is 3.64. The summed E-state index contributed by atoms with van der Waals surface area (Å²) in [7, 11) is 1.63. The van der Waals surface area contributed by atoms with Crippen molar-refractivity contribution in [3.63, 3.8) is 0 Å². The molecule has 0 aliphatic rings. The third-order valence-corrected chi connectivity index (χ3v) is 7.69. The van der Waals surface area contributed by atoms with E-state index < -0.39 is 0 Å². The summed E-state index contributed by atoms with van der Waals surface area (Å²) in [5.74, 6) is -0.600. The molecule has 34 heavy (non-hydrogen) atoms. The zero-order valence-electron chi connectivity index (χ0n) is 18.8. The van der Waals surface area contributed by atoms with Crippen molar-refractivity contribution in [2.45, 2.75) is 20.8 Å². The van der Waals surface area contributed by atoms with Gasteiger partial charge in [0.05, 0.1) is 22.3 Å². The number of rotatable bonds is 4. The first-order valence-corrected chi connectivity index (χ1v) is 12.1. The lowest BCUT2D eigenvalue weighted by Crippen LogP contribution is -2.17. The molecule has 172 valence electrons. The smallest absolute Gasteiger partial charge is 0.267 e. The molecule has 0 saturated carbocycles. The number of hydrogen-bond acceptors (Lipinski definition) is 6. The van der Waals surface area contributed by atoms with Crippen LogP contribution in [-0.4, -0.2) is 25.0 Å². The predicted molar refractivity (Wildman–Crippen MR) is 134 cm³/mol. The normalized spacial score (nSPS) is 11.3. The Morgan fingerprint density at radius 3 is 2.62 bits per heavy atom. The molecule has 10 heteroatoms. The highest BCUT2D eigenvalue weighted by molar-refractivity contribution is 7.21. The second-order valence-corrected chi connectivity index (χ2v) is 9.84. The first-order valence-electron chi connectivity index (χ1n) is 10.4. The van der Waals surface area contributed by atoms with Crippen LogP contribution < -0.4 is 10.9 Å². The van der Waals surface area contributed by atoms with Crippen molar-refractivity contribution in [3.8, 4) is 16.9 Å². The summed E-state index contributed by atoms with van der Waals surface area (Å²) in [4.78, 5) is 35.3. The maximum absolute atomic E-state index is 13.4. The van der Waals surface area contributed by atoms with Gasteiger partial charge in [0.25, 0.3) is 11.5 Å². The SMILES string of the molecule is Cc1c(C(=O)Nc2nc(-c3cc(C)n(-c4ccc(F)cc4)c3C)cs2)sc2ncn(C)c(=O)c12. The fraction of sp³-hybridized carbons (Fsp3) is 0.167. The number of hydrogen-bond donors (Lipinski definition) is 1. The second-order valence-electron chi connectivity index (χ2n) is 7.99.